The second-order valence-corrected chi connectivity index (χ2v) is 5.95. The van der Waals surface area contributed by atoms with Crippen LogP contribution in [0.25, 0.3) is 0 Å². The van der Waals surface area contributed by atoms with Gasteiger partial charge in [0.1, 0.15) is 0 Å². The topological polar surface area (TPSA) is 107 Å². The average Bonchev–Trinajstić information content (AvgIpc) is 3.15. The summed E-state index contributed by atoms with van der Waals surface area (Å²) >= 11 is 0. The van der Waals surface area contributed by atoms with Crippen molar-refractivity contribution >= 4 is 5.91 Å². The number of ether oxygens (including phenoxy) is 2. The first kappa shape index (κ1) is 18.2. The summed E-state index contributed by atoms with van der Waals surface area (Å²) in [5.41, 5.74) is 6.06. The van der Waals surface area contributed by atoms with Crippen LogP contribution in [-0.4, -0.2) is 66.2 Å². The molecule has 26 heavy (non-hydrogen) atoms. The smallest absolute Gasteiger partial charge is 0.254 e. The number of hydrogen-bond acceptors (Lipinski definition) is 8. The van der Waals surface area contributed by atoms with Gasteiger partial charge in [-0.3, -0.25) is 9.69 Å². The Bertz CT molecular complexity index is 755. The largest absolute Gasteiger partial charge is 0.493 e. The zero-order valence-electron chi connectivity index (χ0n) is 15.0. The molecule has 1 saturated heterocycles. The second kappa shape index (κ2) is 8.15. The lowest BCUT2D eigenvalue weighted by Crippen LogP contribution is -2.48. The van der Waals surface area contributed by atoms with Gasteiger partial charge in [0, 0.05) is 31.7 Å². The minimum Gasteiger partial charge on any atom is -0.493 e. The lowest BCUT2D eigenvalue weighted by atomic mass is 10.1. The highest BCUT2D eigenvalue weighted by Gasteiger charge is 2.24. The summed E-state index contributed by atoms with van der Waals surface area (Å²) in [5.74, 6) is 2.18. The molecule has 0 bridgehead atoms. The molecule has 0 radical (unpaired) electrons. The van der Waals surface area contributed by atoms with E-state index >= 15 is 0 Å². The van der Waals surface area contributed by atoms with E-state index in [0.717, 1.165) is 13.1 Å². The fourth-order valence-corrected chi connectivity index (χ4v) is 2.90. The van der Waals surface area contributed by atoms with E-state index in [1.165, 1.54) is 0 Å². The van der Waals surface area contributed by atoms with Gasteiger partial charge in [0.25, 0.3) is 5.91 Å². The molecule has 0 unspecified atom stereocenters. The van der Waals surface area contributed by atoms with Crippen molar-refractivity contribution in [2.75, 3.05) is 40.4 Å². The van der Waals surface area contributed by atoms with Gasteiger partial charge in [0.05, 0.1) is 27.3 Å². The van der Waals surface area contributed by atoms with Gasteiger partial charge in [-0.2, -0.15) is 4.98 Å². The number of nitrogens with zero attached hydrogens (tertiary/aromatic N) is 4. The number of nitrogens with two attached hydrogens (primary N) is 1. The summed E-state index contributed by atoms with van der Waals surface area (Å²) in [5, 5.41) is 3.90. The van der Waals surface area contributed by atoms with E-state index in [1.54, 1.807) is 32.4 Å². The first-order valence-corrected chi connectivity index (χ1v) is 8.39. The van der Waals surface area contributed by atoms with Crippen molar-refractivity contribution < 1.29 is 18.8 Å². The third-order valence-corrected chi connectivity index (χ3v) is 4.34. The van der Waals surface area contributed by atoms with Crippen LogP contribution in [-0.2, 0) is 13.1 Å². The molecule has 0 saturated carbocycles. The Labute approximate surface area is 151 Å². The van der Waals surface area contributed by atoms with Crippen molar-refractivity contribution in [3.8, 4) is 11.5 Å². The molecule has 1 aliphatic heterocycles. The van der Waals surface area contributed by atoms with Crippen LogP contribution in [0, 0.1) is 0 Å². The number of hydrogen-bond donors (Lipinski definition) is 1. The van der Waals surface area contributed by atoms with Crippen molar-refractivity contribution in [2.45, 2.75) is 13.1 Å². The van der Waals surface area contributed by atoms with Gasteiger partial charge < -0.3 is 24.6 Å². The standard InChI is InChI=1S/C17H23N5O4/c1-24-13-4-3-12(9-14(13)25-2)17(23)22-7-5-21(6-8-22)11-15-19-16(10-18)26-20-15/h3-4,9H,5-8,10-11,18H2,1-2H3. The van der Waals surface area contributed by atoms with E-state index in [4.69, 9.17) is 19.7 Å². The van der Waals surface area contributed by atoms with Crippen molar-refractivity contribution in [3.63, 3.8) is 0 Å². The van der Waals surface area contributed by atoms with Gasteiger partial charge in [0.15, 0.2) is 17.3 Å². The van der Waals surface area contributed by atoms with Crippen LogP contribution in [0.2, 0.25) is 0 Å². The molecule has 0 spiro atoms. The summed E-state index contributed by atoms with van der Waals surface area (Å²) in [6, 6.07) is 5.21. The van der Waals surface area contributed by atoms with Crippen LogP contribution in [0.4, 0.5) is 0 Å². The number of methoxy groups -OCH3 is 2. The molecule has 1 amide bonds. The predicted molar refractivity (Wildman–Crippen MR) is 92.9 cm³/mol. The van der Waals surface area contributed by atoms with E-state index in [0.29, 0.717) is 48.4 Å². The molecular formula is C17H23N5O4. The van der Waals surface area contributed by atoms with Gasteiger partial charge in [-0.15, -0.1) is 0 Å². The number of carbonyl (C=O) groups is 1. The summed E-state index contributed by atoms with van der Waals surface area (Å²) in [7, 11) is 3.12. The highest BCUT2D eigenvalue weighted by atomic mass is 16.5. The molecule has 9 nitrogen and oxygen atoms in total. The molecule has 0 aliphatic carbocycles. The Morgan fingerprint density at radius 2 is 1.92 bits per heavy atom. The van der Waals surface area contributed by atoms with Crippen LogP contribution in [0.3, 0.4) is 0 Å². The van der Waals surface area contributed by atoms with Crippen molar-refractivity contribution in [2.24, 2.45) is 5.73 Å². The van der Waals surface area contributed by atoms with Gasteiger partial charge in [-0.25, -0.2) is 0 Å². The van der Waals surface area contributed by atoms with E-state index in [1.807, 2.05) is 4.90 Å². The molecule has 9 heteroatoms. The van der Waals surface area contributed by atoms with Gasteiger partial charge in [0.2, 0.25) is 5.89 Å². The molecule has 140 valence electrons. The molecule has 0 atom stereocenters. The summed E-state index contributed by atoms with van der Waals surface area (Å²) in [4.78, 5) is 21.0. The third-order valence-electron chi connectivity index (χ3n) is 4.34. The van der Waals surface area contributed by atoms with E-state index in [2.05, 4.69) is 15.0 Å². The number of rotatable bonds is 6. The van der Waals surface area contributed by atoms with Crippen molar-refractivity contribution in [3.05, 3.63) is 35.5 Å². The van der Waals surface area contributed by atoms with Crippen LogP contribution < -0.4 is 15.2 Å². The Morgan fingerprint density at radius 1 is 1.19 bits per heavy atom. The molecule has 2 N–H and O–H groups in total. The van der Waals surface area contributed by atoms with Crippen LogP contribution in [0.1, 0.15) is 22.1 Å². The number of carbonyl (C=O) groups excluding carboxylic acids is 1. The molecule has 2 heterocycles. The van der Waals surface area contributed by atoms with E-state index in [-0.39, 0.29) is 12.5 Å². The molecular weight excluding hydrogens is 338 g/mol. The highest BCUT2D eigenvalue weighted by Crippen LogP contribution is 2.28. The molecule has 1 aromatic heterocycles. The van der Waals surface area contributed by atoms with Gasteiger partial charge in [-0.05, 0) is 18.2 Å². The van der Waals surface area contributed by atoms with Gasteiger partial charge in [-0.1, -0.05) is 5.16 Å². The summed E-state index contributed by atoms with van der Waals surface area (Å²) < 4.78 is 15.5. The Hall–Kier alpha value is -2.65. The number of benzene rings is 1. The summed E-state index contributed by atoms with van der Waals surface area (Å²) in [6.45, 7) is 3.57. The van der Waals surface area contributed by atoms with Crippen molar-refractivity contribution in [1.29, 1.82) is 0 Å². The normalized spacial score (nSPS) is 15.1. The molecule has 2 aromatic rings. The van der Waals surface area contributed by atoms with Crippen molar-refractivity contribution in [1.82, 2.24) is 19.9 Å². The van der Waals surface area contributed by atoms with Crippen LogP contribution in [0.15, 0.2) is 22.7 Å². The van der Waals surface area contributed by atoms with Crippen LogP contribution >= 0.6 is 0 Å². The minimum absolute atomic E-state index is 0.0180. The fraction of sp³-hybridized carbons (Fsp3) is 0.471. The monoisotopic (exact) mass is 361 g/mol. The van der Waals surface area contributed by atoms with Gasteiger partial charge >= 0.3 is 0 Å². The summed E-state index contributed by atoms with van der Waals surface area (Å²) in [6.07, 6.45) is 0. The average molecular weight is 361 g/mol. The molecule has 1 fully saturated rings. The zero-order valence-corrected chi connectivity index (χ0v) is 15.0. The molecule has 1 aromatic carbocycles. The first-order chi connectivity index (χ1) is 12.6. The maximum Gasteiger partial charge on any atom is 0.254 e. The SMILES string of the molecule is COc1ccc(C(=O)N2CCN(Cc3noc(CN)n3)CC2)cc1OC. The Kier molecular flexibility index (Phi) is 5.69. The Balaban J connectivity index is 1.58. The predicted octanol–water partition coefficient (Wildman–Crippen LogP) is 0.504. The quantitative estimate of drug-likeness (QED) is 0.793. The second-order valence-electron chi connectivity index (χ2n) is 5.95. The van der Waals surface area contributed by atoms with E-state index < -0.39 is 0 Å². The highest BCUT2D eigenvalue weighted by molar-refractivity contribution is 5.95. The zero-order chi connectivity index (χ0) is 18.5. The maximum absolute atomic E-state index is 12.7. The fourth-order valence-electron chi connectivity index (χ4n) is 2.90. The van der Waals surface area contributed by atoms with E-state index in [9.17, 15) is 4.79 Å². The third kappa shape index (κ3) is 3.94. The lowest BCUT2D eigenvalue weighted by Gasteiger charge is -2.34. The minimum atomic E-state index is -0.0180. The Morgan fingerprint density at radius 3 is 2.54 bits per heavy atom. The number of piperazine rings is 1. The molecule has 1 aliphatic rings. The number of amides is 1. The first-order valence-electron chi connectivity index (χ1n) is 8.39. The number of aromatic nitrogens is 2. The molecule has 3 rings (SSSR count). The van der Waals surface area contributed by atoms with Crippen LogP contribution in [0.5, 0.6) is 11.5 Å². The maximum atomic E-state index is 12.7. The lowest BCUT2D eigenvalue weighted by molar-refractivity contribution is 0.0624.